The second-order valence-electron chi connectivity index (χ2n) is 6.87. The number of alkyl halides is 3. The highest BCUT2D eigenvalue weighted by atomic mass is 32.1. The third-order valence-electron chi connectivity index (χ3n) is 4.57. The van der Waals surface area contributed by atoms with Gasteiger partial charge >= 0.3 is 6.18 Å². The Morgan fingerprint density at radius 1 is 1.14 bits per heavy atom. The lowest BCUT2D eigenvalue weighted by atomic mass is 10.1. The predicted molar refractivity (Wildman–Crippen MR) is 112 cm³/mol. The van der Waals surface area contributed by atoms with Crippen LogP contribution in [0.1, 0.15) is 18.4 Å². The van der Waals surface area contributed by atoms with Crippen LogP contribution in [0.3, 0.4) is 0 Å². The van der Waals surface area contributed by atoms with Gasteiger partial charge in [-0.3, -0.25) is 0 Å². The summed E-state index contributed by atoms with van der Waals surface area (Å²) < 4.78 is 49.5. The van der Waals surface area contributed by atoms with Gasteiger partial charge in [-0.25, -0.2) is 0 Å². The van der Waals surface area contributed by atoms with Crippen molar-refractivity contribution in [1.82, 2.24) is 9.27 Å². The van der Waals surface area contributed by atoms with Crippen LogP contribution in [0, 0.1) is 0 Å². The molecule has 1 heterocycles. The van der Waals surface area contributed by atoms with Gasteiger partial charge in [0, 0.05) is 17.5 Å². The van der Waals surface area contributed by atoms with Gasteiger partial charge in [0.15, 0.2) is 0 Å². The molecule has 0 saturated carbocycles. The molecule has 3 rings (SSSR count). The molecule has 29 heavy (non-hydrogen) atoms. The highest BCUT2D eigenvalue weighted by Crippen LogP contribution is 2.35. The molecule has 0 fully saturated rings. The smallest absolute Gasteiger partial charge is 0.416 e. The Morgan fingerprint density at radius 3 is 2.59 bits per heavy atom. The van der Waals surface area contributed by atoms with Crippen LogP contribution in [0.15, 0.2) is 55.1 Å². The van der Waals surface area contributed by atoms with Crippen LogP contribution >= 0.6 is 11.5 Å². The molecule has 0 aliphatic rings. The maximum Gasteiger partial charge on any atom is 0.416 e. The van der Waals surface area contributed by atoms with E-state index in [9.17, 15) is 13.2 Å². The zero-order valence-corrected chi connectivity index (χ0v) is 17.0. The standard InChI is InChI=1S/C22H23F3N2OS/c1-3-12-27(2)13-4-5-14-28-18-10-11-19-20(15-18)29-26-21(19)16-6-8-17(9-7-16)22(23,24)25/h3,6-11,15H,1,4-5,12-14H2,2H3. The summed E-state index contributed by atoms with van der Waals surface area (Å²) in [5.41, 5.74) is 0.698. The number of benzene rings is 2. The molecule has 0 aliphatic heterocycles. The van der Waals surface area contributed by atoms with Crippen molar-refractivity contribution in [1.29, 1.82) is 0 Å². The molecule has 2 aromatic carbocycles. The normalized spacial score (nSPS) is 11.9. The van der Waals surface area contributed by atoms with E-state index in [0.717, 1.165) is 53.9 Å². The van der Waals surface area contributed by atoms with E-state index in [4.69, 9.17) is 4.74 Å². The molecule has 3 nitrogen and oxygen atoms in total. The van der Waals surface area contributed by atoms with E-state index < -0.39 is 11.7 Å². The molecule has 0 bridgehead atoms. The molecule has 0 N–H and O–H groups in total. The first kappa shape index (κ1) is 21.3. The van der Waals surface area contributed by atoms with Crippen molar-refractivity contribution < 1.29 is 17.9 Å². The summed E-state index contributed by atoms with van der Waals surface area (Å²) in [6.07, 6.45) is -0.445. The minimum absolute atomic E-state index is 0.637. The first-order valence-electron chi connectivity index (χ1n) is 9.38. The minimum Gasteiger partial charge on any atom is -0.494 e. The number of aromatic nitrogens is 1. The topological polar surface area (TPSA) is 25.4 Å². The Kier molecular flexibility index (Phi) is 6.92. The lowest BCUT2D eigenvalue weighted by Crippen LogP contribution is -2.19. The van der Waals surface area contributed by atoms with E-state index in [1.54, 1.807) is 0 Å². The van der Waals surface area contributed by atoms with Crippen molar-refractivity contribution in [3.8, 4) is 17.0 Å². The van der Waals surface area contributed by atoms with Crippen LogP contribution in [0.25, 0.3) is 21.3 Å². The largest absolute Gasteiger partial charge is 0.494 e. The number of halogens is 3. The summed E-state index contributed by atoms with van der Waals surface area (Å²) in [6, 6.07) is 10.8. The van der Waals surface area contributed by atoms with Gasteiger partial charge in [-0.2, -0.15) is 17.5 Å². The molecule has 0 unspecified atom stereocenters. The Morgan fingerprint density at radius 2 is 1.90 bits per heavy atom. The first-order valence-corrected chi connectivity index (χ1v) is 10.1. The highest BCUT2D eigenvalue weighted by Gasteiger charge is 2.30. The quantitative estimate of drug-likeness (QED) is 0.302. The summed E-state index contributed by atoms with van der Waals surface area (Å²) in [6.45, 7) is 6.24. The monoisotopic (exact) mass is 420 g/mol. The fraction of sp³-hybridized carbons (Fsp3) is 0.318. The molecule has 3 aromatic rings. The third kappa shape index (κ3) is 5.58. The van der Waals surface area contributed by atoms with Gasteiger partial charge in [0.2, 0.25) is 0 Å². The van der Waals surface area contributed by atoms with Crippen LogP contribution in [0.2, 0.25) is 0 Å². The molecule has 0 radical (unpaired) electrons. The van der Waals surface area contributed by atoms with E-state index >= 15 is 0 Å². The summed E-state index contributed by atoms with van der Waals surface area (Å²) in [7, 11) is 2.06. The van der Waals surface area contributed by atoms with Crippen LogP contribution in [0.4, 0.5) is 13.2 Å². The number of hydrogen-bond donors (Lipinski definition) is 0. The van der Waals surface area contributed by atoms with Crippen LogP contribution in [-0.4, -0.2) is 36.0 Å². The van der Waals surface area contributed by atoms with Gasteiger partial charge in [0.1, 0.15) is 5.75 Å². The molecule has 0 spiro atoms. The zero-order valence-electron chi connectivity index (χ0n) is 16.2. The Hall–Kier alpha value is -2.38. The van der Waals surface area contributed by atoms with Gasteiger partial charge in [-0.15, -0.1) is 6.58 Å². The number of likely N-dealkylation sites (N-methyl/N-ethyl adjacent to an activating group) is 1. The van der Waals surface area contributed by atoms with Crippen LogP contribution < -0.4 is 4.74 Å². The number of ether oxygens (including phenoxy) is 1. The fourth-order valence-electron chi connectivity index (χ4n) is 3.02. The molecule has 154 valence electrons. The third-order valence-corrected chi connectivity index (χ3v) is 5.38. The molecule has 0 atom stereocenters. The number of hydrogen-bond acceptors (Lipinski definition) is 4. The summed E-state index contributed by atoms with van der Waals surface area (Å²) in [5.74, 6) is 0.777. The lowest BCUT2D eigenvalue weighted by Gasteiger charge is -2.13. The van der Waals surface area contributed by atoms with Crippen LogP contribution in [-0.2, 0) is 6.18 Å². The number of rotatable bonds is 9. The van der Waals surface area contributed by atoms with E-state index in [-0.39, 0.29) is 0 Å². The van der Waals surface area contributed by atoms with Gasteiger partial charge in [-0.1, -0.05) is 18.2 Å². The van der Waals surface area contributed by atoms with E-state index in [1.807, 2.05) is 24.3 Å². The maximum atomic E-state index is 12.7. The number of fused-ring (bicyclic) bond motifs is 1. The van der Waals surface area contributed by atoms with Crippen molar-refractivity contribution in [3.05, 3.63) is 60.7 Å². The molecule has 0 amide bonds. The summed E-state index contributed by atoms with van der Waals surface area (Å²) in [5, 5.41) is 0.910. The number of nitrogens with zero attached hydrogens (tertiary/aromatic N) is 2. The SMILES string of the molecule is C=CCN(C)CCCCOc1ccc2c(-c3ccc(C(F)(F)F)cc3)nsc2c1. The van der Waals surface area contributed by atoms with Gasteiger partial charge < -0.3 is 9.64 Å². The lowest BCUT2D eigenvalue weighted by molar-refractivity contribution is -0.137. The van der Waals surface area contributed by atoms with Gasteiger partial charge in [0.05, 0.1) is 22.6 Å². The molecule has 7 heteroatoms. The van der Waals surface area contributed by atoms with Crippen molar-refractivity contribution in [2.24, 2.45) is 0 Å². The average molecular weight is 421 g/mol. The molecule has 0 saturated heterocycles. The van der Waals surface area contributed by atoms with Crippen molar-refractivity contribution in [2.75, 3.05) is 26.7 Å². The molecule has 1 aromatic heterocycles. The van der Waals surface area contributed by atoms with E-state index in [0.29, 0.717) is 17.9 Å². The maximum absolute atomic E-state index is 12.7. The molecular weight excluding hydrogens is 397 g/mol. The van der Waals surface area contributed by atoms with E-state index in [2.05, 4.69) is 22.9 Å². The minimum atomic E-state index is -4.34. The molecule has 0 aliphatic carbocycles. The number of unbranched alkanes of at least 4 members (excludes halogenated alkanes) is 1. The van der Waals surface area contributed by atoms with Gasteiger partial charge in [0.25, 0.3) is 0 Å². The van der Waals surface area contributed by atoms with Crippen LogP contribution in [0.5, 0.6) is 5.75 Å². The Bertz CT molecular complexity index is 951. The summed E-state index contributed by atoms with van der Waals surface area (Å²) in [4.78, 5) is 2.21. The fourth-order valence-corrected chi connectivity index (χ4v) is 3.84. The van der Waals surface area contributed by atoms with E-state index in [1.165, 1.54) is 23.7 Å². The first-order chi connectivity index (χ1) is 13.9. The second kappa shape index (κ2) is 9.41. The second-order valence-corrected chi connectivity index (χ2v) is 7.68. The Labute approximate surface area is 172 Å². The zero-order chi connectivity index (χ0) is 20.9. The summed E-state index contributed by atoms with van der Waals surface area (Å²) >= 11 is 1.32. The Balaban J connectivity index is 1.62. The molecular formula is C22H23F3N2OS. The van der Waals surface area contributed by atoms with Crippen molar-refractivity contribution in [2.45, 2.75) is 19.0 Å². The van der Waals surface area contributed by atoms with Crippen molar-refractivity contribution in [3.63, 3.8) is 0 Å². The predicted octanol–water partition coefficient (Wildman–Crippen LogP) is 6.26. The average Bonchev–Trinajstić information content (AvgIpc) is 3.10. The van der Waals surface area contributed by atoms with Crippen molar-refractivity contribution >= 4 is 21.6 Å². The van der Waals surface area contributed by atoms with Gasteiger partial charge in [-0.05, 0) is 68.3 Å². The highest BCUT2D eigenvalue weighted by molar-refractivity contribution is 7.13.